The molecular weight excluding hydrogens is 268 g/mol. The van der Waals surface area contributed by atoms with Crippen molar-refractivity contribution in [3.63, 3.8) is 0 Å². The lowest BCUT2D eigenvalue weighted by Gasteiger charge is -2.45. The summed E-state index contributed by atoms with van der Waals surface area (Å²) in [7, 11) is 1.59. The minimum atomic E-state index is -0.591. The zero-order valence-corrected chi connectivity index (χ0v) is 12.9. The number of aryl methyl sites for hydroxylation is 1. The molecule has 2 atom stereocenters. The van der Waals surface area contributed by atoms with E-state index in [2.05, 4.69) is 19.9 Å². The molecule has 4 nitrogen and oxygen atoms in total. The zero-order valence-electron chi connectivity index (χ0n) is 12.9. The molecule has 1 aliphatic heterocycles. The van der Waals surface area contributed by atoms with Crippen molar-refractivity contribution in [2.24, 2.45) is 5.41 Å². The predicted molar refractivity (Wildman–Crippen MR) is 78.3 cm³/mol. The smallest absolute Gasteiger partial charge is 0.320 e. The number of methoxy groups -OCH3 is 1. The second kappa shape index (κ2) is 5.11. The topological polar surface area (TPSA) is 44.8 Å². The molecule has 1 heterocycles. The molecule has 1 aromatic carbocycles. The van der Waals surface area contributed by atoms with Gasteiger partial charge in [-0.1, -0.05) is 31.0 Å². The van der Waals surface area contributed by atoms with E-state index in [4.69, 9.17) is 14.2 Å². The summed E-state index contributed by atoms with van der Waals surface area (Å²) in [5, 5.41) is 0. The zero-order chi connectivity index (χ0) is 15.1. The normalized spacial score (nSPS) is 30.7. The van der Waals surface area contributed by atoms with Crippen molar-refractivity contribution < 1.29 is 19.0 Å². The van der Waals surface area contributed by atoms with Crippen LogP contribution in [0, 0.1) is 12.3 Å². The maximum atomic E-state index is 12.7. The van der Waals surface area contributed by atoms with Gasteiger partial charge in [-0.05, 0) is 25.8 Å². The summed E-state index contributed by atoms with van der Waals surface area (Å²) < 4.78 is 16.2. The van der Waals surface area contributed by atoms with Crippen molar-refractivity contribution in [2.75, 3.05) is 20.5 Å². The first kappa shape index (κ1) is 14.5. The highest BCUT2D eigenvalue weighted by atomic mass is 16.7. The second-order valence-electron chi connectivity index (χ2n) is 6.41. The quantitative estimate of drug-likeness (QED) is 0.370. The fraction of sp³-hybridized carbons (Fsp3) is 0.588. The molecule has 0 spiro atoms. The molecule has 0 amide bonds. The highest BCUT2D eigenvalue weighted by Crippen LogP contribution is 2.59. The summed E-state index contributed by atoms with van der Waals surface area (Å²) >= 11 is 0. The molecule has 1 aromatic rings. The Labute approximate surface area is 125 Å². The first-order valence-electron chi connectivity index (χ1n) is 7.44. The van der Waals surface area contributed by atoms with E-state index in [1.807, 2.05) is 12.1 Å². The minimum absolute atomic E-state index is 0.157. The third-order valence-corrected chi connectivity index (χ3v) is 5.21. The van der Waals surface area contributed by atoms with Crippen LogP contribution in [-0.2, 0) is 19.7 Å². The summed E-state index contributed by atoms with van der Waals surface area (Å²) in [5.74, 6) is 0.548. The van der Waals surface area contributed by atoms with Crippen LogP contribution in [0.4, 0.5) is 0 Å². The molecule has 3 rings (SSSR count). The Bertz CT molecular complexity index is 568. The molecule has 0 bridgehead atoms. The molecule has 0 aromatic heterocycles. The van der Waals surface area contributed by atoms with Crippen molar-refractivity contribution in [1.82, 2.24) is 0 Å². The number of hydrogen-bond donors (Lipinski definition) is 0. The van der Waals surface area contributed by atoms with Crippen molar-refractivity contribution in [1.29, 1.82) is 0 Å². The molecule has 1 saturated carbocycles. The number of benzene rings is 1. The van der Waals surface area contributed by atoms with Crippen molar-refractivity contribution in [3.05, 3.63) is 29.3 Å². The molecule has 21 heavy (non-hydrogen) atoms. The van der Waals surface area contributed by atoms with Crippen LogP contribution in [0.5, 0.6) is 5.75 Å². The standard InChI is InChI=1S/C17H22O4/c1-12-5-6-14-13(9-12)16(2)7-4-8-17(16,15(18)21-14)10-20-11-19-3/h5-6,9H,4,7-8,10-11H2,1-3H3/t16-,17-/m1/s1. The van der Waals surface area contributed by atoms with Gasteiger partial charge in [-0.25, -0.2) is 0 Å². The van der Waals surface area contributed by atoms with Crippen LogP contribution in [0.1, 0.15) is 37.3 Å². The Hall–Kier alpha value is -1.39. The third-order valence-electron chi connectivity index (χ3n) is 5.21. The fourth-order valence-electron chi connectivity index (χ4n) is 3.93. The van der Waals surface area contributed by atoms with Gasteiger partial charge in [0.15, 0.2) is 0 Å². The Morgan fingerprint density at radius 2 is 2.14 bits per heavy atom. The van der Waals surface area contributed by atoms with Gasteiger partial charge in [0, 0.05) is 18.1 Å². The molecule has 2 aliphatic rings. The molecule has 0 radical (unpaired) electrons. The van der Waals surface area contributed by atoms with Crippen molar-refractivity contribution in [2.45, 2.75) is 38.5 Å². The number of rotatable bonds is 4. The van der Waals surface area contributed by atoms with Gasteiger partial charge >= 0.3 is 5.97 Å². The molecule has 0 N–H and O–H groups in total. The van der Waals surface area contributed by atoms with Crippen LogP contribution < -0.4 is 4.74 Å². The lowest BCUT2D eigenvalue weighted by atomic mass is 9.61. The predicted octanol–water partition coefficient (Wildman–Crippen LogP) is 2.96. The van der Waals surface area contributed by atoms with Gasteiger partial charge in [0.2, 0.25) is 0 Å². The van der Waals surface area contributed by atoms with Gasteiger partial charge in [0.25, 0.3) is 0 Å². The summed E-state index contributed by atoms with van der Waals surface area (Å²) in [4.78, 5) is 12.7. The Morgan fingerprint density at radius 3 is 2.90 bits per heavy atom. The lowest BCUT2D eigenvalue weighted by Crippen LogP contribution is -2.53. The van der Waals surface area contributed by atoms with Gasteiger partial charge in [0.05, 0.1) is 6.61 Å². The molecule has 114 valence electrons. The van der Waals surface area contributed by atoms with Crippen LogP contribution in [0.15, 0.2) is 18.2 Å². The van der Waals surface area contributed by atoms with Gasteiger partial charge in [0.1, 0.15) is 18.0 Å². The summed E-state index contributed by atoms with van der Waals surface area (Å²) in [6.07, 6.45) is 2.80. The molecule has 0 unspecified atom stereocenters. The van der Waals surface area contributed by atoms with Gasteiger partial charge in [-0.15, -0.1) is 0 Å². The molecule has 4 heteroatoms. The summed E-state index contributed by atoms with van der Waals surface area (Å²) in [5.41, 5.74) is 1.51. The van der Waals surface area contributed by atoms with Crippen LogP contribution in [-0.4, -0.2) is 26.5 Å². The van der Waals surface area contributed by atoms with E-state index in [1.54, 1.807) is 7.11 Å². The Balaban J connectivity index is 2.05. The van der Waals surface area contributed by atoms with E-state index in [-0.39, 0.29) is 18.2 Å². The third kappa shape index (κ3) is 2.00. The lowest BCUT2D eigenvalue weighted by molar-refractivity contribution is -0.161. The van der Waals surface area contributed by atoms with Crippen LogP contribution in [0.25, 0.3) is 0 Å². The summed E-state index contributed by atoms with van der Waals surface area (Å²) in [6, 6.07) is 6.04. The maximum Gasteiger partial charge on any atom is 0.320 e. The summed E-state index contributed by atoms with van der Waals surface area (Å²) in [6.45, 7) is 4.79. The van der Waals surface area contributed by atoms with Crippen molar-refractivity contribution in [3.8, 4) is 5.75 Å². The number of carbonyl (C=O) groups excluding carboxylic acids is 1. The van der Waals surface area contributed by atoms with Crippen LogP contribution in [0.3, 0.4) is 0 Å². The molecule has 1 aliphatic carbocycles. The molecular formula is C17H22O4. The average molecular weight is 290 g/mol. The highest BCUT2D eigenvalue weighted by Gasteiger charge is 2.62. The van der Waals surface area contributed by atoms with E-state index in [0.29, 0.717) is 12.4 Å². The van der Waals surface area contributed by atoms with E-state index in [1.165, 1.54) is 5.56 Å². The number of fused-ring (bicyclic) bond motifs is 3. The highest BCUT2D eigenvalue weighted by molar-refractivity contribution is 5.85. The first-order valence-corrected chi connectivity index (χ1v) is 7.44. The second-order valence-corrected chi connectivity index (χ2v) is 6.41. The van der Waals surface area contributed by atoms with E-state index < -0.39 is 5.41 Å². The number of esters is 1. The van der Waals surface area contributed by atoms with Gasteiger partial charge in [-0.3, -0.25) is 4.79 Å². The van der Waals surface area contributed by atoms with Gasteiger partial charge in [-0.2, -0.15) is 0 Å². The molecule has 0 saturated heterocycles. The number of hydrogen-bond acceptors (Lipinski definition) is 4. The average Bonchev–Trinajstić information content (AvgIpc) is 2.80. The first-order chi connectivity index (χ1) is 10.0. The van der Waals surface area contributed by atoms with E-state index in [0.717, 1.165) is 24.8 Å². The maximum absolute atomic E-state index is 12.7. The van der Waals surface area contributed by atoms with Crippen LogP contribution >= 0.6 is 0 Å². The molecule has 1 fully saturated rings. The van der Waals surface area contributed by atoms with E-state index >= 15 is 0 Å². The monoisotopic (exact) mass is 290 g/mol. The Kier molecular flexibility index (Phi) is 3.54. The fourth-order valence-corrected chi connectivity index (χ4v) is 3.93. The van der Waals surface area contributed by atoms with Crippen LogP contribution in [0.2, 0.25) is 0 Å². The van der Waals surface area contributed by atoms with E-state index in [9.17, 15) is 4.79 Å². The Morgan fingerprint density at radius 1 is 1.33 bits per heavy atom. The number of carbonyl (C=O) groups is 1. The largest absolute Gasteiger partial charge is 0.426 e. The number of ether oxygens (including phenoxy) is 3. The van der Waals surface area contributed by atoms with Crippen molar-refractivity contribution >= 4 is 5.97 Å². The minimum Gasteiger partial charge on any atom is -0.426 e. The SMILES string of the molecule is COCOC[C@@]12CCC[C@]1(C)c1cc(C)ccc1OC2=O. The van der Waals surface area contributed by atoms with Gasteiger partial charge < -0.3 is 14.2 Å².